The van der Waals surface area contributed by atoms with Crippen LogP contribution in [0, 0.1) is 2.88 Å². The van der Waals surface area contributed by atoms with E-state index in [-0.39, 0.29) is 11.9 Å². The molecule has 5 heteroatoms. The van der Waals surface area contributed by atoms with E-state index in [9.17, 15) is 4.79 Å². The standard InChI is InChI=1S/C13H19IN2OS/c1-3-15-13(17)8(2)16-10-5-4-6-11-9(10)7-12(14)18-11/h7-8,10,16H,3-6H2,1-2H3,(H,15,17). The fourth-order valence-electron chi connectivity index (χ4n) is 2.40. The molecule has 0 radical (unpaired) electrons. The topological polar surface area (TPSA) is 41.1 Å². The smallest absolute Gasteiger partial charge is 0.236 e. The van der Waals surface area contributed by atoms with Crippen LogP contribution in [0.3, 0.4) is 0 Å². The maximum absolute atomic E-state index is 11.8. The minimum absolute atomic E-state index is 0.0922. The van der Waals surface area contributed by atoms with Crippen LogP contribution in [-0.2, 0) is 11.2 Å². The van der Waals surface area contributed by atoms with Crippen molar-refractivity contribution in [2.75, 3.05) is 6.54 Å². The van der Waals surface area contributed by atoms with Crippen LogP contribution in [-0.4, -0.2) is 18.5 Å². The number of rotatable bonds is 4. The number of halogens is 1. The molecule has 1 heterocycles. The second-order valence-electron chi connectivity index (χ2n) is 4.66. The Balaban J connectivity index is 2.04. The number of hydrogen-bond acceptors (Lipinski definition) is 3. The molecule has 0 bridgehead atoms. The van der Waals surface area contributed by atoms with Gasteiger partial charge in [-0.15, -0.1) is 11.3 Å². The van der Waals surface area contributed by atoms with E-state index < -0.39 is 0 Å². The summed E-state index contributed by atoms with van der Waals surface area (Å²) in [6.45, 7) is 4.58. The van der Waals surface area contributed by atoms with Gasteiger partial charge in [-0.1, -0.05) is 0 Å². The predicted molar refractivity (Wildman–Crippen MR) is 84.0 cm³/mol. The van der Waals surface area contributed by atoms with E-state index in [0.717, 1.165) is 6.42 Å². The highest BCUT2D eigenvalue weighted by molar-refractivity contribution is 14.1. The molecule has 0 saturated carbocycles. The molecule has 1 aliphatic rings. The van der Waals surface area contributed by atoms with Crippen LogP contribution in [0.1, 0.15) is 43.2 Å². The molecule has 1 aromatic heterocycles. The van der Waals surface area contributed by atoms with Gasteiger partial charge in [0, 0.05) is 17.5 Å². The fourth-order valence-corrected chi connectivity index (χ4v) is 4.52. The summed E-state index contributed by atoms with van der Waals surface area (Å²) in [5.41, 5.74) is 1.41. The van der Waals surface area contributed by atoms with Gasteiger partial charge in [-0.3, -0.25) is 10.1 Å². The number of thiophene rings is 1. The third kappa shape index (κ3) is 3.24. The SMILES string of the molecule is CCNC(=O)C(C)NC1CCCc2sc(I)cc21. The number of hydrogen-bond donors (Lipinski definition) is 2. The lowest BCUT2D eigenvalue weighted by Crippen LogP contribution is -2.44. The van der Waals surface area contributed by atoms with E-state index in [1.807, 2.05) is 25.2 Å². The van der Waals surface area contributed by atoms with Crippen molar-refractivity contribution in [1.29, 1.82) is 0 Å². The van der Waals surface area contributed by atoms with Crippen LogP contribution in [0.2, 0.25) is 0 Å². The Morgan fingerprint density at radius 3 is 3.17 bits per heavy atom. The number of amides is 1. The van der Waals surface area contributed by atoms with Gasteiger partial charge in [0.25, 0.3) is 0 Å². The van der Waals surface area contributed by atoms with Gasteiger partial charge >= 0.3 is 0 Å². The second kappa shape index (κ2) is 6.34. The molecule has 18 heavy (non-hydrogen) atoms. The van der Waals surface area contributed by atoms with E-state index >= 15 is 0 Å². The molecule has 0 aliphatic heterocycles. The Hall–Kier alpha value is -0.140. The number of likely N-dealkylation sites (N-methyl/N-ethyl adjacent to an activating group) is 1. The monoisotopic (exact) mass is 378 g/mol. The Bertz CT molecular complexity index is 433. The molecular weight excluding hydrogens is 359 g/mol. The number of carbonyl (C=O) groups excluding carboxylic acids is 1. The first-order valence-corrected chi connectivity index (χ1v) is 8.33. The molecule has 2 N–H and O–H groups in total. The van der Waals surface area contributed by atoms with E-state index in [1.54, 1.807) is 0 Å². The third-order valence-corrected chi connectivity index (χ3v) is 5.25. The average Bonchev–Trinajstić information content (AvgIpc) is 2.71. The normalized spacial score (nSPS) is 20.3. The van der Waals surface area contributed by atoms with Gasteiger partial charge in [0.2, 0.25) is 5.91 Å². The molecule has 2 atom stereocenters. The minimum Gasteiger partial charge on any atom is -0.355 e. The highest BCUT2D eigenvalue weighted by atomic mass is 127. The van der Waals surface area contributed by atoms with Gasteiger partial charge in [-0.05, 0) is 67.3 Å². The van der Waals surface area contributed by atoms with Gasteiger partial charge in [0.1, 0.15) is 0 Å². The van der Waals surface area contributed by atoms with Gasteiger partial charge in [-0.25, -0.2) is 0 Å². The fraction of sp³-hybridized carbons (Fsp3) is 0.615. The average molecular weight is 378 g/mol. The van der Waals surface area contributed by atoms with E-state index in [1.165, 1.54) is 26.2 Å². The minimum atomic E-state index is -0.126. The summed E-state index contributed by atoms with van der Waals surface area (Å²) in [5, 5.41) is 6.33. The largest absolute Gasteiger partial charge is 0.355 e. The lowest BCUT2D eigenvalue weighted by molar-refractivity contribution is -0.122. The number of nitrogens with one attached hydrogen (secondary N) is 2. The number of fused-ring (bicyclic) bond motifs is 1. The van der Waals surface area contributed by atoms with Gasteiger partial charge < -0.3 is 5.32 Å². The van der Waals surface area contributed by atoms with Gasteiger partial charge in [0.05, 0.1) is 8.93 Å². The maximum atomic E-state index is 11.8. The highest BCUT2D eigenvalue weighted by Gasteiger charge is 2.25. The molecule has 0 saturated heterocycles. The zero-order chi connectivity index (χ0) is 13.1. The first-order valence-electron chi connectivity index (χ1n) is 6.43. The van der Waals surface area contributed by atoms with Crippen LogP contribution >= 0.6 is 33.9 Å². The van der Waals surface area contributed by atoms with E-state index in [4.69, 9.17) is 0 Å². The quantitative estimate of drug-likeness (QED) is 0.792. The molecule has 2 rings (SSSR count). The van der Waals surface area contributed by atoms with Crippen molar-refractivity contribution in [2.24, 2.45) is 0 Å². The van der Waals surface area contributed by atoms with Crippen molar-refractivity contribution in [3.8, 4) is 0 Å². The summed E-state index contributed by atoms with van der Waals surface area (Å²) in [4.78, 5) is 13.3. The summed E-state index contributed by atoms with van der Waals surface area (Å²) in [6.07, 6.45) is 3.53. The van der Waals surface area contributed by atoms with E-state index in [0.29, 0.717) is 12.6 Å². The van der Waals surface area contributed by atoms with E-state index in [2.05, 4.69) is 39.3 Å². The molecule has 2 unspecified atom stereocenters. The highest BCUT2D eigenvalue weighted by Crippen LogP contribution is 2.36. The van der Waals surface area contributed by atoms with Crippen LogP contribution < -0.4 is 10.6 Å². The Morgan fingerprint density at radius 2 is 2.44 bits per heavy atom. The van der Waals surface area contributed by atoms with Crippen molar-refractivity contribution in [3.63, 3.8) is 0 Å². The second-order valence-corrected chi connectivity index (χ2v) is 7.69. The molecule has 1 amide bonds. The molecule has 1 aliphatic carbocycles. The molecule has 3 nitrogen and oxygen atoms in total. The summed E-state index contributed by atoms with van der Waals surface area (Å²) >= 11 is 4.27. The summed E-state index contributed by atoms with van der Waals surface area (Å²) in [6, 6.07) is 2.48. The maximum Gasteiger partial charge on any atom is 0.236 e. The van der Waals surface area contributed by atoms with Crippen molar-refractivity contribution in [2.45, 2.75) is 45.2 Å². The Morgan fingerprint density at radius 1 is 1.67 bits per heavy atom. The van der Waals surface area contributed by atoms with Crippen molar-refractivity contribution < 1.29 is 4.79 Å². The molecule has 0 spiro atoms. The van der Waals surface area contributed by atoms with Gasteiger partial charge in [0.15, 0.2) is 0 Å². The Kier molecular flexibility index (Phi) is 5.03. The zero-order valence-electron chi connectivity index (χ0n) is 10.8. The lowest BCUT2D eigenvalue weighted by Gasteiger charge is -2.26. The Labute approximate surface area is 126 Å². The van der Waals surface area contributed by atoms with Crippen LogP contribution in [0.4, 0.5) is 0 Å². The van der Waals surface area contributed by atoms with Crippen molar-refractivity contribution >= 4 is 39.8 Å². The van der Waals surface area contributed by atoms with Crippen LogP contribution in [0.5, 0.6) is 0 Å². The molecule has 0 fully saturated rings. The van der Waals surface area contributed by atoms with Gasteiger partial charge in [-0.2, -0.15) is 0 Å². The zero-order valence-corrected chi connectivity index (χ0v) is 13.7. The van der Waals surface area contributed by atoms with Crippen LogP contribution in [0.25, 0.3) is 0 Å². The third-order valence-electron chi connectivity index (χ3n) is 3.28. The summed E-state index contributed by atoms with van der Waals surface area (Å²) < 4.78 is 1.34. The molecular formula is C13H19IN2OS. The lowest BCUT2D eigenvalue weighted by atomic mass is 9.93. The molecule has 1 aromatic rings. The molecule has 100 valence electrons. The summed E-state index contributed by atoms with van der Waals surface area (Å²) in [5.74, 6) is 0.0922. The molecule has 0 aromatic carbocycles. The predicted octanol–water partition coefficient (Wildman–Crippen LogP) is 2.84. The van der Waals surface area contributed by atoms with Crippen molar-refractivity contribution in [1.82, 2.24) is 10.6 Å². The summed E-state index contributed by atoms with van der Waals surface area (Å²) in [7, 11) is 0. The van der Waals surface area contributed by atoms with Crippen LogP contribution in [0.15, 0.2) is 6.07 Å². The number of carbonyl (C=O) groups is 1. The van der Waals surface area contributed by atoms with Crippen molar-refractivity contribution in [3.05, 3.63) is 19.4 Å². The number of aryl methyl sites for hydroxylation is 1. The first kappa shape index (κ1) is 14.3. The first-order chi connectivity index (χ1) is 8.61.